The second-order valence-corrected chi connectivity index (χ2v) is 3.69. The first-order valence-electron chi connectivity index (χ1n) is 5.92. The van der Waals surface area contributed by atoms with Gasteiger partial charge in [0.1, 0.15) is 5.76 Å². The lowest BCUT2D eigenvalue weighted by molar-refractivity contribution is 0.0912. The molecule has 1 aromatic rings. The summed E-state index contributed by atoms with van der Waals surface area (Å²) in [5.41, 5.74) is 5.39. The minimum atomic E-state index is -0.208. The van der Waals surface area contributed by atoms with Crippen LogP contribution in [-0.4, -0.2) is 25.7 Å². The summed E-state index contributed by atoms with van der Waals surface area (Å²) in [4.78, 5) is 11.6. The van der Waals surface area contributed by atoms with Crippen molar-refractivity contribution in [3.63, 3.8) is 0 Å². The fourth-order valence-electron chi connectivity index (χ4n) is 1.32. The van der Waals surface area contributed by atoms with Crippen molar-refractivity contribution in [2.75, 3.05) is 19.8 Å². The molecule has 0 unspecified atom stereocenters. The van der Waals surface area contributed by atoms with Crippen LogP contribution in [0.2, 0.25) is 0 Å². The Balaban J connectivity index is 2.16. The fraction of sp³-hybridized carbons (Fsp3) is 0.583. The van der Waals surface area contributed by atoms with Crippen molar-refractivity contribution in [2.24, 2.45) is 5.73 Å². The fourth-order valence-corrected chi connectivity index (χ4v) is 1.32. The normalized spacial score (nSPS) is 10.5. The summed E-state index contributed by atoms with van der Waals surface area (Å²) in [6, 6.07) is 3.34. The molecule has 1 amide bonds. The predicted octanol–water partition coefficient (Wildman–Crippen LogP) is 1.28. The lowest BCUT2D eigenvalue weighted by atomic mass is 10.4. The first kappa shape index (κ1) is 13.7. The molecule has 0 saturated heterocycles. The van der Waals surface area contributed by atoms with Crippen molar-refractivity contribution in [1.82, 2.24) is 5.32 Å². The van der Waals surface area contributed by atoms with Crippen LogP contribution in [0.25, 0.3) is 0 Å². The van der Waals surface area contributed by atoms with Gasteiger partial charge < -0.3 is 20.2 Å². The molecule has 0 aliphatic rings. The summed E-state index contributed by atoms with van der Waals surface area (Å²) < 4.78 is 10.5. The van der Waals surface area contributed by atoms with Crippen molar-refractivity contribution >= 4 is 5.91 Å². The van der Waals surface area contributed by atoms with Crippen LogP contribution < -0.4 is 11.1 Å². The van der Waals surface area contributed by atoms with Gasteiger partial charge in [0.15, 0.2) is 5.76 Å². The van der Waals surface area contributed by atoms with Gasteiger partial charge in [-0.2, -0.15) is 0 Å². The van der Waals surface area contributed by atoms with Gasteiger partial charge >= 0.3 is 0 Å². The van der Waals surface area contributed by atoms with Gasteiger partial charge in [0.2, 0.25) is 0 Å². The van der Waals surface area contributed by atoms with E-state index in [0.717, 1.165) is 19.4 Å². The van der Waals surface area contributed by atoms with E-state index in [4.69, 9.17) is 14.9 Å². The minimum Gasteiger partial charge on any atom is -0.455 e. The zero-order valence-electron chi connectivity index (χ0n) is 10.2. The van der Waals surface area contributed by atoms with Gasteiger partial charge in [-0.05, 0) is 25.0 Å². The molecule has 17 heavy (non-hydrogen) atoms. The van der Waals surface area contributed by atoms with Gasteiger partial charge in [-0.3, -0.25) is 4.79 Å². The Morgan fingerprint density at radius 3 is 2.94 bits per heavy atom. The number of carbonyl (C=O) groups excluding carboxylic acids is 1. The van der Waals surface area contributed by atoms with E-state index in [0.29, 0.717) is 31.2 Å². The Bertz CT molecular complexity index is 336. The molecular weight excluding hydrogens is 220 g/mol. The van der Waals surface area contributed by atoms with Crippen molar-refractivity contribution in [2.45, 2.75) is 26.3 Å². The van der Waals surface area contributed by atoms with Crippen molar-refractivity contribution in [3.8, 4) is 0 Å². The average molecular weight is 240 g/mol. The highest BCUT2D eigenvalue weighted by Crippen LogP contribution is 2.06. The first-order valence-corrected chi connectivity index (χ1v) is 5.92. The van der Waals surface area contributed by atoms with E-state index in [1.54, 1.807) is 12.1 Å². The van der Waals surface area contributed by atoms with E-state index in [1.807, 2.05) is 0 Å². The summed E-state index contributed by atoms with van der Waals surface area (Å²) in [5, 5.41) is 2.76. The van der Waals surface area contributed by atoms with Crippen LogP contribution in [-0.2, 0) is 11.3 Å². The molecule has 96 valence electrons. The standard InChI is InChI=1S/C12H20N2O3/c1-2-7-16-8-3-6-14-12(15)11-5-4-10(9-13)17-11/h4-5H,2-3,6-9,13H2,1H3,(H,14,15). The van der Waals surface area contributed by atoms with Crippen LogP contribution in [0.3, 0.4) is 0 Å². The molecule has 0 saturated carbocycles. The highest BCUT2D eigenvalue weighted by atomic mass is 16.5. The van der Waals surface area contributed by atoms with E-state index < -0.39 is 0 Å². The highest BCUT2D eigenvalue weighted by Gasteiger charge is 2.09. The van der Waals surface area contributed by atoms with E-state index in [-0.39, 0.29) is 5.91 Å². The Morgan fingerprint density at radius 1 is 1.47 bits per heavy atom. The largest absolute Gasteiger partial charge is 0.455 e. The van der Waals surface area contributed by atoms with Crippen LogP contribution >= 0.6 is 0 Å². The molecule has 0 aromatic carbocycles. The highest BCUT2D eigenvalue weighted by molar-refractivity contribution is 5.91. The Kier molecular flexibility index (Phi) is 6.35. The van der Waals surface area contributed by atoms with Gasteiger partial charge in [0, 0.05) is 19.8 Å². The van der Waals surface area contributed by atoms with E-state index in [1.165, 1.54) is 0 Å². The summed E-state index contributed by atoms with van der Waals surface area (Å²) >= 11 is 0. The molecule has 0 aliphatic heterocycles. The number of nitrogens with two attached hydrogens (primary N) is 1. The number of ether oxygens (including phenoxy) is 1. The molecule has 1 heterocycles. The van der Waals surface area contributed by atoms with Gasteiger partial charge in [-0.15, -0.1) is 0 Å². The van der Waals surface area contributed by atoms with Crippen molar-refractivity contribution in [1.29, 1.82) is 0 Å². The van der Waals surface area contributed by atoms with Crippen LogP contribution in [0.1, 0.15) is 36.1 Å². The summed E-state index contributed by atoms with van der Waals surface area (Å²) in [7, 11) is 0. The number of carbonyl (C=O) groups is 1. The molecule has 0 bridgehead atoms. The van der Waals surface area contributed by atoms with Crippen molar-refractivity contribution < 1.29 is 13.9 Å². The Hall–Kier alpha value is -1.33. The number of hydrogen-bond acceptors (Lipinski definition) is 4. The second kappa shape index (κ2) is 7.86. The Morgan fingerprint density at radius 2 is 2.29 bits per heavy atom. The van der Waals surface area contributed by atoms with Gasteiger partial charge in [0.05, 0.1) is 6.54 Å². The zero-order valence-corrected chi connectivity index (χ0v) is 10.2. The third kappa shape index (κ3) is 5.01. The molecule has 0 fully saturated rings. The molecular formula is C12H20N2O3. The Labute approximate surface area is 101 Å². The molecule has 3 N–H and O–H groups in total. The molecule has 1 rings (SSSR count). The number of furan rings is 1. The van der Waals surface area contributed by atoms with Crippen LogP contribution in [0.5, 0.6) is 0 Å². The second-order valence-electron chi connectivity index (χ2n) is 3.69. The summed E-state index contributed by atoms with van der Waals surface area (Å²) in [5.74, 6) is 0.710. The maximum absolute atomic E-state index is 11.6. The van der Waals surface area contributed by atoms with E-state index >= 15 is 0 Å². The molecule has 0 atom stereocenters. The molecule has 0 aliphatic carbocycles. The number of amides is 1. The lowest BCUT2D eigenvalue weighted by Crippen LogP contribution is -2.24. The predicted molar refractivity (Wildman–Crippen MR) is 64.7 cm³/mol. The zero-order chi connectivity index (χ0) is 12.5. The van der Waals surface area contributed by atoms with Crippen LogP contribution in [0.15, 0.2) is 16.5 Å². The first-order chi connectivity index (χ1) is 8.27. The topological polar surface area (TPSA) is 77.5 Å². The number of hydrogen-bond donors (Lipinski definition) is 2. The average Bonchev–Trinajstić information content (AvgIpc) is 2.82. The lowest BCUT2D eigenvalue weighted by Gasteiger charge is -2.04. The molecule has 5 heteroatoms. The maximum atomic E-state index is 11.6. The van der Waals surface area contributed by atoms with Gasteiger partial charge in [-0.25, -0.2) is 0 Å². The van der Waals surface area contributed by atoms with Gasteiger partial charge in [0.25, 0.3) is 5.91 Å². The number of rotatable bonds is 8. The quantitative estimate of drug-likeness (QED) is 0.671. The smallest absolute Gasteiger partial charge is 0.286 e. The van der Waals surface area contributed by atoms with E-state index in [9.17, 15) is 4.79 Å². The maximum Gasteiger partial charge on any atom is 0.286 e. The van der Waals surface area contributed by atoms with Gasteiger partial charge in [-0.1, -0.05) is 6.92 Å². The third-order valence-electron chi connectivity index (χ3n) is 2.19. The minimum absolute atomic E-state index is 0.208. The summed E-state index contributed by atoms with van der Waals surface area (Å²) in [6.07, 6.45) is 1.82. The number of nitrogens with one attached hydrogen (secondary N) is 1. The third-order valence-corrected chi connectivity index (χ3v) is 2.19. The van der Waals surface area contributed by atoms with Crippen LogP contribution in [0, 0.1) is 0 Å². The molecule has 1 aromatic heterocycles. The molecule has 0 spiro atoms. The monoisotopic (exact) mass is 240 g/mol. The molecule has 0 radical (unpaired) electrons. The van der Waals surface area contributed by atoms with Crippen molar-refractivity contribution in [3.05, 3.63) is 23.7 Å². The summed E-state index contributed by atoms with van der Waals surface area (Å²) in [6.45, 7) is 4.39. The SMILES string of the molecule is CCCOCCCNC(=O)c1ccc(CN)o1. The molecule has 5 nitrogen and oxygen atoms in total. The van der Waals surface area contributed by atoms with E-state index in [2.05, 4.69) is 12.2 Å². The van der Waals surface area contributed by atoms with Crippen LogP contribution in [0.4, 0.5) is 0 Å².